The normalized spacial score (nSPS) is 10.8. The molecule has 1 aromatic heterocycles. The van der Waals surface area contributed by atoms with Gasteiger partial charge in [0.05, 0.1) is 7.11 Å². The highest BCUT2D eigenvalue weighted by atomic mass is 19.3. The van der Waals surface area contributed by atoms with Crippen molar-refractivity contribution in [1.82, 2.24) is 10.9 Å². The number of hydrogen-bond donors (Lipinski definition) is 2. The number of alkyl halides is 2. The van der Waals surface area contributed by atoms with E-state index >= 15 is 0 Å². The SMILES string of the molecule is COc1cc(/C=C/C(=O)NNC(=O)c2ccc(COc3ccccc3)o2)ccc1OC(F)F. The molecule has 0 aliphatic rings. The number of hydrogen-bond acceptors (Lipinski definition) is 6. The van der Waals surface area contributed by atoms with E-state index in [0.29, 0.717) is 17.1 Å². The Kier molecular flexibility index (Phi) is 8.01. The van der Waals surface area contributed by atoms with Gasteiger partial charge in [0, 0.05) is 6.08 Å². The lowest BCUT2D eigenvalue weighted by Gasteiger charge is -2.10. The molecule has 0 saturated carbocycles. The Balaban J connectivity index is 1.49. The summed E-state index contributed by atoms with van der Waals surface area (Å²) in [5, 5.41) is 0. The van der Waals surface area contributed by atoms with Gasteiger partial charge in [-0.15, -0.1) is 0 Å². The van der Waals surface area contributed by atoms with Crippen LogP contribution in [0.25, 0.3) is 6.08 Å². The average molecular weight is 458 g/mol. The van der Waals surface area contributed by atoms with Crippen molar-refractivity contribution >= 4 is 17.9 Å². The van der Waals surface area contributed by atoms with Crippen LogP contribution < -0.4 is 25.1 Å². The van der Waals surface area contributed by atoms with Crippen molar-refractivity contribution in [3.63, 3.8) is 0 Å². The Hall–Kier alpha value is -4.34. The average Bonchev–Trinajstić information content (AvgIpc) is 3.30. The first-order chi connectivity index (χ1) is 15.9. The molecule has 3 aromatic rings. The van der Waals surface area contributed by atoms with Crippen molar-refractivity contribution in [2.24, 2.45) is 0 Å². The topological polar surface area (TPSA) is 99.0 Å². The molecule has 0 atom stereocenters. The zero-order valence-electron chi connectivity index (χ0n) is 17.4. The molecule has 0 spiro atoms. The van der Waals surface area contributed by atoms with E-state index in [4.69, 9.17) is 13.9 Å². The summed E-state index contributed by atoms with van der Waals surface area (Å²) in [6.07, 6.45) is 2.55. The summed E-state index contributed by atoms with van der Waals surface area (Å²) in [5.41, 5.74) is 4.93. The lowest BCUT2D eigenvalue weighted by atomic mass is 10.2. The lowest BCUT2D eigenvalue weighted by molar-refractivity contribution is -0.117. The van der Waals surface area contributed by atoms with Gasteiger partial charge in [-0.05, 0) is 48.0 Å². The molecule has 2 amide bonds. The van der Waals surface area contributed by atoms with Crippen molar-refractivity contribution in [2.75, 3.05) is 7.11 Å². The van der Waals surface area contributed by atoms with E-state index in [-0.39, 0.29) is 23.9 Å². The fourth-order valence-electron chi connectivity index (χ4n) is 2.62. The summed E-state index contributed by atoms with van der Waals surface area (Å²) >= 11 is 0. The Morgan fingerprint density at radius 1 is 1.03 bits per heavy atom. The Morgan fingerprint density at radius 2 is 1.82 bits per heavy atom. The van der Waals surface area contributed by atoms with Crippen LogP contribution in [0.4, 0.5) is 8.78 Å². The van der Waals surface area contributed by atoms with Crippen LogP contribution in [0.15, 0.2) is 71.2 Å². The highest BCUT2D eigenvalue weighted by molar-refractivity contribution is 5.96. The van der Waals surface area contributed by atoms with E-state index in [2.05, 4.69) is 15.6 Å². The van der Waals surface area contributed by atoms with Crippen LogP contribution in [0.2, 0.25) is 0 Å². The first-order valence-corrected chi connectivity index (χ1v) is 9.62. The van der Waals surface area contributed by atoms with Crippen LogP contribution in [0, 0.1) is 0 Å². The number of carbonyl (C=O) groups is 2. The zero-order valence-corrected chi connectivity index (χ0v) is 17.4. The number of nitrogens with one attached hydrogen (secondary N) is 2. The van der Waals surface area contributed by atoms with Gasteiger partial charge in [0.1, 0.15) is 18.1 Å². The molecule has 2 N–H and O–H groups in total. The Labute approximate surface area is 187 Å². The van der Waals surface area contributed by atoms with E-state index in [9.17, 15) is 18.4 Å². The molecule has 0 bridgehead atoms. The van der Waals surface area contributed by atoms with E-state index in [1.165, 1.54) is 37.5 Å². The second kappa shape index (κ2) is 11.3. The number of hydrazine groups is 1. The minimum Gasteiger partial charge on any atom is -0.493 e. The third kappa shape index (κ3) is 7.10. The molecule has 0 radical (unpaired) electrons. The number of rotatable bonds is 9. The number of furan rings is 1. The summed E-state index contributed by atoms with van der Waals surface area (Å²) in [6, 6.07) is 16.3. The standard InChI is InChI=1S/C23H20F2N2O6/c1-30-20-13-15(7-10-18(20)33-23(24)25)8-12-21(28)26-27-22(29)19-11-9-17(32-19)14-31-16-5-3-2-4-6-16/h2-13,23H,14H2,1H3,(H,26,28)(H,27,29)/b12-8+. The maximum atomic E-state index is 12.4. The second-order valence-electron chi connectivity index (χ2n) is 6.43. The first kappa shape index (κ1) is 23.3. The largest absolute Gasteiger partial charge is 0.493 e. The molecule has 0 aliphatic heterocycles. The van der Waals surface area contributed by atoms with Gasteiger partial charge in [0.25, 0.3) is 5.91 Å². The predicted octanol–water partition coefficient (Wildman–Crippen LogP) is 3.94. The van der Waals surface area contributed by atoms with Gasteiger partial charge in [-0.2, -0.15) is 8.78 Å². The summed E-state index contributed by atoms with van der Waals surface area (Å²) in [7, 11) is 1.30. The van der Waals surface area contributed by atoms with Gasteiger partial charge in [0.2, 0.25) is 0 Å². The predicted molar refractivity (Wildman–Crippen MR) is 114 cm³/mol. The highest BCUT2D eigenvalue weighted by Gasteiger charge is 2.13. The molecule has 8 nitrogen and oxygen atoms in total. The fraction of sp³-hybridized carbons (Fsp3) is 0.130. The number of benzene rings is 2. The number of para-hydroxylation sites is 1. The second-order valence-corrected chi connectivity index (χ2v) is 6.43. The molecule has 33 heavy (non-hydrogen) atoms. The van der Waals surface area contributed by atoms with Crippen LogP contribution >= 0.6 is 0 Å². The summed E-state index contributed by atoms with van der Waals surface area (Å²) in [4.78, 5) is 24.1. The van der Waals surface area contributed by atoms with E-state index in [0.717, 1.165) is 6.08 Å². The summed E-state index contributed by atoms with van der Waals surface area (Å²) in [6.45, 7) is -2.85. The smallest absolute Gasteiger partial charge is 0.387 e. The first-order valence-electron chi connectivity index (χ1n) is 9.62. The van der Waals surface area contributed by atoms with Crippen LogP contribution in [0.3, 0.4) is 0 Å². The summed E-state index contributed by atoms with van der Waals surface area (Å²) < 4.78 is 45.0. The van der Waals surface area contributed by atoms with Gasteiger partial charge >= 0.3 is 12.5 Å². The van der Waals surface area contributed by atoms with Crippen LogP contribution in [0.5, 0.6) is 17.2 Å². The molecule has 10 heteroatoms. The minimum absolute atomic E-state index is 0.00898. The van der Waals surface area contributed by atoms with Crippen LogP contribution in [-0.4, -0.2) is 25.5 Å². The number of methoxy groups -OCH3 is 1. The minimum atomic E-state index is -2.99. The fourth-order valence-corrected chi connectivity index (χ4v) is 2.62. The molecule has 0 aliphatic carbocycles. The monoisotopic (exact) mass is 458 g/mol. The van der Waals surface area contributed by atoms with E-state index in [1.807, 2.05) is 18.2 Å². The van der Waals surface area contributed by atoms with Gasteiger partial charge < -0.3 is 18.6 Å². The van der Waals surface area contributed by atoms with Crippen LogP contribution in [-0.2, 0) is 11.4 Å². The number of carbonyl (C=O) groups excluding carboxylic acids is 2. The molecule has 3 rings (SSSR count). The number of halogens is 2. The lowest BCUT2D eigenvalue weighted by Crippen LogP contribution is -2.40. The molecule has 0 fully saturated rings. The molecular weight excluding hydrogens is 438 g/mol. The van der Waals surface area contributed by atoms with Gasteiger partial charge in [-0.3, -0.25) is 20.4 Å². The van der Waals surface area contributed by atoms with Crippen molar-refractivity contribution in [3.8, 4) is 17.2 Å². The Bertz CT molecular complexity index is 1120. The Morgan fingerprint density at radius 3 is 2.55 bits per heavy atom. The van der Waals surface area contributed by atoms with Gasteiger partial charge in [-0.25, -0.2) is 0 Å². The van der Waals surface area contributed by atoms with Crippen molar-refractivity contribution in [2.45, 2.75) is 13.2 Å². The van der Waals surface area contributed by atoms with E-state index in [1.54, 1.807) is 18.2 Å². The molecule has 0 unspecified atom stereocenters. The molecular formula is C23H20F2N2O6. The molecule has 1 heterocycles. The molecule has 0 saturated heterocycles. The zero-order chi connectivity index (χ0) is 23.6. The molecule has 2 aromatic carbocycles. The van der Waals surface area contributed by atoms with Crippen molar-refractivity contribution in [3.05, 3.63) is 83.8 Å². The quantitative estimate of drug-likeness (QED) is 0.372. The third-order valence-electron chi connectivity index (χ3n) is 4.14. The van der Waals surface area contributed by atoms with Gasteiger partial charge in [0.15, 0.2) is 17.3 Å². The summed E-state index contributed by atoms with van der Waals surface area (Å²) in [5.74, 6) is -0.252. The van der Waals surface area contributed by atoms with Crippen molar-refractivity contribution < 1.29 is 37.0 Å². The highest BCUT2D eigenvalue weighted by Crippen LogP contribution is 2.29. The maximum Gasteiger partial charge on any atom is 0.387 e. The third-order valence-corrected chi connectivity index (χ3v) is 4.14. The number of ether oxygens (including phenoxy) is 3. The molecule has 172 valence electrons. The van der Waals surface area contributed by atoms with Crippen molar-refractivity contribution in [1.29, 1.82) is 0 Å². The van der Waals surface area contributed by atoms with Crippen LogP contribution in [0.1, 0.15) is 21.9 Å². The number of amides is 2. The van der Waals surface area contributed by atoms with E-state index < -0.39 is 18.4 Å². The maximum absolute atomic E-state index is 12.4. The van der Waals surface area contributed by atoms with Gasteiger partial charge in [-0.1, -0.05) is 24.3 Å².